The van der Waals surface area contributed by atoms with Crippen LogP contribution in [0.15, 0.2) is 18.2 Å². The van der Waals surface area contributed by atoms with Gasteiger partial charge in [-0.1, -0.05) is 13.0 Å². The van der Waals surface area contributed by atoms with Gasteiger partial charge >= 0.3 is 0 Å². The minimum absolute atomic E-state index is 0.148. The molecule has 1 nitrogen and oxygen atoms in total. The second-order valence-electron chi connectivity index (χ2n) is 5.88. The average Bonchev–Trinajstić information content (AvgIpc) is 2.52. The van der Waals surface area contributed by atoms with Crippen LogP contribution in [0.4, 0.5) is 13.2 Å². The van der Waals surface area contributed by atoms with Crippen molar-refractivity contribution in [3.05, 3.63) is 35.4 Å². The third-order valence-electron chi connectivity index (χ3n) is 4.00. The van der Waals surface area contributed by atoms with Gasteiger partial charge in [0.2, 0.25) is 0 Å². The molecule has 4 heteroatoms. The predicted molar refractivity (Wildman–Crippen MR) is 83.7 cm³/mol. The van der Waals surface area contributed by atoms with E-state index >= 15 is 0 Å². The van der Waals surface area contributed by atoms with Crippen molar-refractivity contribution in [1.29, 1.82) is 0 Å². The number of alkyl halides is 1. The summed E-state index contributed by atoms with van der Waals surface area (Å²) in [6, 6.07) is 3.51. The Kier molecular flexibility index (Phi) is 9.21. The lowest BCUT2D eigenvalue weighted by Gasteiger charge is -2.27. The van der Waals surface area contributed by atoms with Gasteiger partial charge in [0.05, 0.1) is 12.8 Å². The first kappa shape index (κ1) is 19.0. The van der Waals surface area contributed by atoms with Crippen LogP contribution in [-0.4, -0.2) is 19.4 Å². The van der Waals surface area contributed by atoms with Gasteiger partial charge in [0.25, 0.3) is 0 Å². The molecule has 1 aromatic rings. The molecule has 0 heterocycles. The molecular formula is C18H27F3O. The zero-order chi connectivity index (χ0) is 16.4. The summed E-state index contributed by atoms with van der Waals surface area (Å²) in [5.74, 6) is -0.389. The van der Waals surface area contributed by atoms with Crippen molar-refractivity contribution >= 4 is 0 Å². The standard InChI is InChI=1S/C11H21FO.C7H6F2/c1-2-9-13-11-5-3-10(4-6-11)7-8-12;1-5-2-3-6(8)4-7(5)9/h10-11H,2-9H2,1H3;2-4H,1H3. The Morgan fingerprint density at radius 2 is 1.82 bits per heavy atom. The van der Waals surface area contributed by atoms with Crippen LogP contribution in [0.2, 0.25) is 0 Å². The fraction of sp³-hybridized carbons (Fsp3) is 0.667. The minimum Gasteiger partial charge on any atom is -0.378 e. The van der Waals surface area contributed by atoms with Gasteiger partial charge in [-0.25, -0.2) is 8.78 Å². The highest BCUT2D eigenvalue weighted by atomic mass is 19.1. The highest BCUT2D eigenvalue weighted by Crippen LogP contribution is 2.28. The Morgan fingerprint density at radius 1 is 1.14 bits per heavy atom. The van der Waals surface area contributed by atoms with E-state index in [1.165, 1.54) is 12.1 Å². The number of halogens is 3. The Bertz CT molecular complexity index is 415. The molecule has 1 aromatic carbocycles. The third-order valence-corrected chi connectivity index (χ3v) is 4.00. The van der Waals surface area contributed by atoms with Gasteiger partial charge in [-0.05, 0) is 63.0 Å². The fourth-order valence-electron chi connectivity index (χ4n) is 2.59. The van der Waals surface area contributed by atoms with E-state index in [0.29, 0.717) is 17.6 Å². The molecule has 1 saturated carbocycles. The normalized spacial score (nSPS) is 21.1. The molecule has 22 heavy (non-hydrogen) atoms. The molecule has 0 saturated heterocycles. The second kappa shape index (κ2) is 10.7. The molecule has 126 valence electrons. The molecule has 0 bridgehead atoms. The molecule has 1 aliphatic rings. The van der Waals surface area contributed by atoms with Crippen molar-refractivity contribution < 1.29 is 17.9 Å². The molecule has 1 fully saturated rings. The SMILES string of the molecule is CCCOC1CCC(CCF)CC1.Cc1ccc(F)cc1F. The molecular weight excluding hydrogens is 289 g/mol. The quantitative estimate of drug-likeness (QED) is 0.686. The van der Waals surface area contributed by atoms with Crippen LogP contribution in [0.5, 0.6) is 0 Å². The molecule has 0 atom stereocenters. The van der Waals surface area contributed by atoms with Crippen molar-refractivity contribution in [3.8, 4) is 0 Å². The molecule has 0 aliphatic heterocycles. The van der Waals surface area contributed by atoms with E-state index in [0.717, 1.165) is 51.2 Å². The van der Waals surface area contributed by atoms with Crippen LogP contribution < -0.4 is 0 Å². The Hall–Kier alpha value is -1.03. The number of benzene rings is 1. The van der Waals surface area contributed by atoms with E-state index in [4.69, 9.17) is 4.74 Å². The maximum absolute atomic E-state index is 12.3. The lowest BCUT2D eigenvalue weighted by atomic mass is 9.85. The molecule has 0 unspecified atom stereocenters. The summed E-state index contributed by atoms with van der Waals surface area (Å²) in [4.78, 5) is 0. The van der Waals surface area contributed by atoms with Crippen LogP contribution in [0.1, 0.15) is 51.0 Å². The predicted octanol–water partition coefficient (Wildman–Crippen LogP) is 5.60. The maximum Gasteiger partial charge on any atom is 0.129 e. The summed E-state index contributed by atoms with van der Waals surface area (Å²) in [7, 11) is 0. The van der Waals surface area contributed by atoms with E-state index in [2.05, 4.69) is 6.92 Å². The molecule has 1 aliphatic carbocycles. The molecule has 0 spiro atoms. The molecule has 0 N–H and O–H groups in total. The van der Waals surface area contributed by atoms with Crippen LogP contribution in [0.3, 0.4) is 0 Å². The first-order valence-electron chi connectivity index (χ1n) is 8.16. The zero-order valence-corrected chi connectivity index (χ0v) is 13.6. The maximum atomic E-state index is 12.3. The van der Waals surface area contributed by atoms with Gasteiger partial charge in [-0.15, -0.1) is 0 Å². The van der Waals surface area contributed by atoms with Crippen LogP contribution in [0.25, 0.3) is 0 Å². The van der Waals surface area contributed by atoms with Gasteiger partial charge in [0.1, 0.15) is 11.6 Å². The van der Waals surface area contributed by atoms with Gasteiger partial charge in [-0.2, -0.15) is 0 Å². The number of ether oxygens (including phenoxy) is 1. The average molecular weight is 316 g/mol. The van der Waals surface area contributed by atoms with Crippen molar-refractivity contribution in [2.24, 2.45) is 5.92 Å². The molecule has 0 amide bonds. The van der Waals surface area contributed by atoms with E-state index in [1.54, 1.807) is 6.92 Å². The summed E-state index contributed by atoms with van der Waals surface area (Å²) in [5.41, 5.74) is 0.469. The van der Waals surface area contributed by atoms with E-state index in [-0.39, 0.29) is 6.67 Å². The lowest BCUT2D eigenvalue weighted by Crippen LogP contribution is -2.22. The van der Waals surface area contributed by atoms with E-state index in [1.807, 2.05) is 0 Å². The smallest absolute Gasteiger partial charge is 0.129 e. The molecule has 0 radical (unpaired) electrons. The third kappa shape index (κ3) is 7.30. The highest BCUT2D eigenvalue weighted by molar-refractivity contribution is 5.16. The second-order valence-corrected chi connectivity index (χ2v) is 5.88. The summed E-state index contributed by atoms with van der Waals surface area (Å²) < 4.78 is 42.2. The monoisotopic (exact) mass is 316 g/mol. The van der Waals surface area contributed by atoms with Crippen molar-refractivity contribution in [2.45, 2.75) is 58.5 Å². The summed E-state index contributed by atoms with van der Waals surface area (Å²) in [6.07, 6.45) is 6.95. The zero-order valence-electron chi connectivity index (χ0n) is 13.6. The lowest BCUT2D eigenvalue weighted by molar-refractivity contribution is 0.0170. The number of aryl methyl sites for hydroxylation is 1. The largest absolute Gasteiger partial charge is 0.378 e. The summed E-state index contributed by atoms with van der Waals surface area (Å²) >= 11 is 0. The Morgan fingerprint density at radius 3 is 2.32 bits per heavy atom. The molecule has 0 aromatic heterocycles. The topological polar surface area (TPSA) is 9.23 Å². The van der Waals surface area contributed by atoms with Gasteiger partial charge < -0.3 is 4.74 Å². The van der Waals surface area contributed by atoms with Gasteiger partial charge in [0, 0.05) is 12.7 Å². The minimum atomic E-state index is -0.530. The van der Waals surface area contributed by atoms with Crippen LogP contribution in [-0.2, 0) is 4.74 Å². The first-order chi connectivity index (χ1) is 10.6. The van der Waals surface area contributed by atoms with Crippen molar-refractivity contribution in [3.63, 3.8) is 0 Å². The van der Waals surface area contributed by atoms with Gasteiger partial charge in [-0.3, -0.25) is 4.39 Å². The Labute approximate surface area is 131 Å². The van der Waals surface area contributed by atoms with Crippen molar-refractivity contribution in [1.82, 2.24) is 0 Å². The van der Waals surface area contributed by atoms with E-state index in [9.17, 15) is 13.2 Å². The summed E-state index contributed by atoms with van der Waals surface area (Å²) in [6.45, 7) is 4.47. The first-order valence-corrected chi connectivity index (χ1v) is 8.16. The van der Waals surface area contributed by atoms with Crippen LogP contribution in [0, 0.1) is 24.5 Å². The van der Waals surface area contributed by atoms with E-state index < -0.39 is 11.6 Å². The summed E-state index contributed by atoms with van der Waals surface area (Å²) in [5, 5.41) is 0. The van der Waals surface area contributed by atoms with Crippen molar-refractivity contribution in [2.75, 3.05) is 13.3 Å². The highest BCUT2D eigenvalue weighted by Gasteiger charge is 2.20. The van der Waals surface area contributed by atoms with Gasteiger partial charge in [0.15, 0.2) is 0 Å². The van der Waals surface area contributed by atoms with Crippen LogP contribution >= 0.6 is 0 Å². The fourth-order valence-corrected chi connectivity index (χ4v) is 2.59. The number of rotatable bonds is 5. The number of hydrogen-bond acceptors (Lipinski definition) is 1. The Balaban J connectivity index is 0.000000235. The number of hydrogen-bond donors (Lipinski definition) is 0. The molecule has 2 rings (SSSR count).